The Balaban J connectivity index is 1.98. The predicted octanol–water partition coefficient (Wildman–Crippen LogP) is 6.82. The number of nitrogens with one attached hydrogen (secondary N) is 2. The molecule has 0 aliphatic heterocycles. The lowest BCUT2D eigenvalue weighted by Crippen LogP contribution is -2.40. The van der Waals surface area contributed by atoms with Gasteiger partial charge in [0.25, 0.3) is 10.0 Å². The highest BCUT2D eigenvalue weighted by Crippen LogP contribution is 2.29. The quantitative estimate of drug-likeness (QED) is 0.229. The Morgan fingerprint density at radius 3 is 2.23 bits per heavy atom. The van der Waals surface area contributed by atoms with E-state index in [0.29, 0.717) is 24.5 Å². The van der Waals surface area contributed by atoms with Gasteiger partial charge >= 0.3 is 12.1 Å². The Bertz CT molecular complexity index is 1540. The van der Waals surface area contributed by atoms with Gasteiger partial charge in [0.15, 0.2) is 0 Å². The number of sulfonamides is 1. The van der Waals surface area contributed by atoms with Crippen molar-refractivity contribution in [2.45, 2.75) is 84.3 Å². The number of amides is 1. The van der Waals surface area contributed by atoms with Crippen LogP contribution in [0, 0.1) is 19.8 Å². The van der Waals surface area contributed by atoms with Crippen LogP contribution in [0.25, 0.3) is 11.3 Å². The van der Waals surface area contributed by atoms with Crippen LogP contribution in [0.5, 0.6) is 0 Å². The highest BCUT2D eigenvalue weighted by molar-refractivity contribution is 7.92. The molecule has 0 radical (unpaired) electrons. The van der Waals surface area contributed by atoms with E-state index in [9.17, 15) is 18.0 Å². The molecular weight excluding hydrogens is 566 g/mol. The summed E-state index contributed by atoms with van der Waals surface area (Å²) >= 11 is 0. The maximum Gasteiger partial charge on any atom is 0.407 e. The van der Waals surface area contributed by atoms with Crippen LogP contribution >= 0.6 is 0 Å². The van der Waals surface area contributed by atoms with E-state index in [2.05, 4.69) is 23.9 Å². The van der Waals surface area contributed by atoms with E-state index in [1.807, 2.05) is 58.9 Å². The number of hydrogen-bond acceptors (Lipinski definition) is 7. The lowest BCUT2D eigenvalue weighted by molar-refractivity contribution is 0.0495. The first kappa shape index (κ1) is 33.6. The molecule has 0 spiro atoms. The van der Waals surface area contributed by atoms with E-state index in [-0.39, 0.29) is 22.3 Å². The third-order valence-electron chi connectivity index (χ3n) is 6.69. The largest absolute Gasteiger partial charge is 0.465 e. The highest BCUT2D eigenvalue weighted by atomic mass is 32.2. The summed E-state index contributed by atoms with van der Waals surface area (Å²) in [6.07, 6.45) is 1.46. The maximum absolute atomic E-state index is 13.4. The monoisotopic (exact) mass is 609 g/mol. The number of esters is 1. The molecule has 232 valence electrons. The molecule has 3 rings (SSSR count). The number of rotatable bonds is 11. The van der Waals surface area contributed by atoms with Crippen LogP contribution in [0.3, 0.4) is 0 Å². The summed E-state index contributed by atoms with van der Waals surface area (Å²) in [4.78, 5) is 29.2. The molecule has 1 atom stereocenters. The van der Waals surface area contributed by atoms with Gasteiger partial charge in [-0.25, -0.2) is 23.0 Å². The first-order valence-corrected chi connectivity index (χ1v) is 15.8. The van der Waals surface area contributed by atoms with E-state index >= 15 is 0 Å². The molecule has 9 nitrogen and oxygen atoms in total. The summed E-state index contributed by atoms with van der Waals surface area (Å²) in [5.74, 6) is -0.143. The summed E-state index contributed by atoms with van der Waals surface area (Å²) in [7, 11) is -2.85. The molecule has 0 fully saturated rings. The standard InChI is InChI=1S/C33H43N3O6S/c1-21(2)17-26(34-32(38)42-33(5,6)7)16-15-24-18-28(30-22(3)11-9-12-23(30)4)35-29(19-24)36-43(39,40)27-14-10-13-25(20-27)31(37)41-8/h9-14,18-21,26H,15-17H2,1-8H3,(H,34,38)(H,35,36)/t26-/m0/s1. The van der Waals surface area contributed by atoms with Crippen LogP contribution in [0.4, 0.5) is 10.6 Å². The smallest absolute Gasteiger partial charge is 0.407 e. The van der Waals surface area contributed by atoms with E-state index in [1.165, 1.54) is 31.4 Å². The fourth-order valence-corrected chi connectivity index (χ4v) is 5.91. The fraction of sp³-hybridized carbons (Fsp3) is 0.424. The number of pyridine rings is 1. The summed E-state index contributed by atoms with van der Waals surface area (Å²) in [5, 5.41) is 3.01. The van der Waals surface area contributed by atoms with Gasteiger partial charge in [0.2, 0.25) is 0 Å². The SMILES string of the molecule is COC(=O)c1cccc(S(=O)(=O)Nc2cc(CC[C@@H](CC(C)C)NC(=O)OC(C)(C)C)cc(-c3c(C)cccc3C)n2)c1. The Labute approximate surface area is 255 Å². The number of ether oxygens (including phenoxy) is 2. The minimum absolute atomic E-state index is 0.0882. The number of carbonyl (C=O) groups excluding carboxylic acids is 2. The van der Waals surface area contributed by atoms with Gasteiger partial charge < -0.3 is 14.8 Å². The van der Waals surface area contributed by atoms with Crippen LogP contribution in [0.1, 0.15) is 74.5 Å². The molecule has 2 N–H and O–H groups in total. The average Bonchev–Trinajstić information content (AvgIpc) is 2.89. The van der Waals surface area contributed by atoms with Crippen molar-refractivity contribution in [3.8, 4) is 11.3 Å². The molecule has 0 unspecified atom stereocenters. The summed E-state index contributed by atoms with van der Waals surface area (Å²) in [5.41, 5.74) is 3.94. The Morgan fingerprint density at radius 1 is 0.977 bits per heavy atom. The van der Waals surface area contributed by atoms with Gasteiger partial charge in [-0.1, -0.05) is 38.1 Å². The zero-order valence-electron chi connectivity index (χ0n) is 26.3. The highest BCUT2D eigenvalue weighted by Gasteiger charge is 2.22. The molecule has 43 heavy (non-hydrogen) atoms. The van der Waals surface area contributed by atoms with Crippen molar-refractivity contribution in [3.63, 3.8) is 0 Å². The number of hydrogen-bond donors (Lipinski definition) is 2. The third kappa shape index (κ3) is 9.81. The Kier molecular flexibility index (Phi) is 11.0. The molecule has 1 aromatic heterocycles. The Hall–Kier alpha value is -3.92. The summed E-state index contributed by atoms with van der Waals surface area (Å²) in [6, 6.07) is 15.1. The van der Waals surface area contributed by atoms with Gasteiger partial charge in [0.1, 0.15) is 11.4 Å². The van der Waals surface area contributed by atoms with E-state index in [4.69, 9.17) is 14.5 Å². The van der Waals surface area contributed by atoms with Crippen LogP contribution in [0.15, 0.2) is 59.5 Å². The molecule has 3 aromatic rings. The van der Waals surface area contributed by atoms with Gasteiger partial charge in [-0.05, 0) is 107 Å². The molecule has 10 heteroatoms. The second-order valence-electron chi connectivity index (χ2n) is 12.1. The molecule has 0 bridgehead atoms. The number of methoxy groups -OCH3 is 1. The molecule has 1 heterocycles. The number of aromatic nitrogens is 1. The van der Waals surface area contributed by atoms with Crippen molar-refractivity contribution in [3.05, 3.63) is 76.9 Å². The third-order valence-corrected chi connectivity index (χ3v) is 8.04. The molecule has 0 saturated heterocycles. The number of carbonyl (C=O) groups is 2. The van der Waals surface area contributed by atoms with E-state index in [1.54, 1.807) is 6.07 Å². The minimum Gasteiger partial charge on any atom is -0.465 e. The van der Waals surface area contributed by atoms with Gasteiger partial charge in [0, 0.05) is 11.6 Å². The number of aryl methyl sites for hydroxylation is 3. The van der Waals surface area contributed by atoms with Crippen LogP contribution < -0.4 is 10.0 Å². The van der Waals surface area contributed by atoms with Crippen molar-refractivity contribution in [1.82, 2.24) is 10.3 Å². The second-order valence-corrected chi connectivity index (χ2v) is 13.8. The molecule has 0 saturated carbocycles. The topological polar surface area (TPSA) is 124 Å². The van der Waals surface area contributed by atoms with Crippen LogP contribution in [0.2, 0.25) is 0 Å². The van der Waals surface area contributed by atoms with Gasteiger partial charge in [-0.2, -0.15) is 0 Å². The molecule has 1 amide bonds. The first-order valence-electron chi connectivity index (χ1n) is 14.4. The second kappa shape index (κ2) is 14.0. The maximum atomic E-state index is 13.4. The first-order chi connectivity index (χ1) is 20.1. The summed E-state index contributed by atoms with van der Waals surface area (Å²) < 4.78 is 39.7. The van der Waals surface area contributed by atoms with Crippen molar-refractivity contribution in [2.24, 2.45) is 5.92 Å². The number of benzene rings is 2. The van der Waals surface area contributed by atoms with Crippen molar-refractivity contribution >= 4 is 27.9 Å². The van der Waals surface area contributed by atoms with Gasteiger partial charge in [-0.15, -0.1) is 0 Å². The lowest BCUT2D eigenvalue weighted by atomic mass is 9.95. The van der Waals surface area contributed by atoms with Crippen molar-refractivity contribution < 1.29 is 27.5 Å². The summed E-state index contributed by atoms with van der Waals surface area (Å²) in [6.45, 7) is 13.6. The zero-order valence-corrected chi connectivity index (χ0v) is 27.1. The zero-order chi connectivity index (χ0) is 31.9. The van der Waals surface area contributed by atoms with Crippen LogP contribution in [-0.4, -0.2) is 44.2 Å². The molecular formula is C33H43N3O6S. The van der Waals surface area contributed by atoms with Gasteiger partial charge in [0.05, 0.1) is 23.3 Å². The van der Waals surface area contributed by atoms with Gasteiger partial charge in [-0.3, -0.25) is 4.72 Å². The van der Waals surface area contributed by atoms with E-state index < -0.39 is 27.7 Å². The number of nitrogens with zero attached hydrogens (tertiary/aromatic N) is 1. The van der Waals surface area contributed by atoms with Crippen molar-refractivity contribution in [2.75, 3.05) is 11.8 Å². The van der Waals surface area contributed by atoms with Crippen molar-refractivity contribution in [1.29, 1.82) is 0 Å². The molecule has 0 aliphatic carbocycles. The van der Waals surface area contributed by atoms with Crippen LogP contribution in [-0.2, 0) is 25.9 Å². The lowest BCUT2D eigenvalue weighted by Gasteiger charge is -2.25. The molecule has 2 aromatic carbocycles. The normalized spacial score (nSPS) is 12.5. The Morgan fingerprint density at radius 2 is 1.63 bits per heavy atom. The average molecular weight is 610 g/mol. The number of anilines is 1. The number of alkyl carbamates (subject to hydrolysis) is 1. The molecule has 0 aliphatic rings. The fourth-order valence-electron chi connectivity index (χ4n) is 4.87. The predicted molar refractivity (Wildman–Crippen MR) is 169 cm³/mol. The minimum atomic E-state index is -4.09. The van der Waals surface area contributed by atoms with E-state index in [0.717, 1.165) is 28.7 Å².